The maximum atomic E-state index is 11.8. The van der Waals surface area contributed by atoms with Gasteiger partial charge in [-0.15, -0.1) is 0 Å². The summed E-state index contributed by atoms with van der Waals surface area (Å²) >= 11 is 9.75. The SMILES string of the molecule is Cn1c(=O)c(Br)c(CBr)n(CCBr)c1=O. The molecule has 1 heterocycles. The van der Waals surface area contributed by atoms with E-state index in [0.29, 0.717) is 27.4 Å². The van der Waals surface area contributed by atoms with Crippen molar-refractivity contribution < 1.29 is 0 Å². The Bertz CT molecular complexity index is 478. The fourth-order valence-corrected chi connectivity index (χ4v) is 3.15. The molecule has 0 amide bonds. The second kappa shape index (κ2) is 5.45. The molecule has 0 bridgehead atoms. The molecule has 0 aromatic carbocycles. The van der Waals surface area contributed by atoms with Crippen molar-refractivity contribution >= 4 is 47.8 Å². The van der Waals surface area contributed by atoms with Crippen LogP contribution in [0.5, 0.6) is 0 Å². The molecule has 0 saturated heterocycles. The molecule has 84 valence electrons. The summed E-state index contributed by atoms with van der Waals surface area (Å²) in [5.41, 5.74) is 0.0694. The maximum absolute atomic E-state index is 11.8. The summed E-state index contributed by atoms with van der Waals surface area (Å²) in [6.45, 7) is 0.534. The first kappa shape index (κ1) is 13.2. The quantitative estimate of drug-likeness (QED) is 0.718. The highest BCUT2D eigenvalue weighted by atomic mass is 79.9. The first-order valence-electron chi connectivity index (χ1n) is 4.14. The number of aromatic nitrogens is 2. The van der Waals surface area contributed by atoms with Gasteiger partial charge in [0.25, 0.3) is 5.56 Å². The zero-order chi connectivity index (χ0) is 11.6. The van der Waals surface area contributed by atoms with Gasteiger partial charge < -0.3 is 0 Å². The fraction of sp³-hybridized carbons (Fsp3) is 0.500. The fourth-order valence-electron chi connectivity index (χ4n) is 1.22. The smallest absolute Gasteiger partial charge is 0.295 e. The number of rotatable bonds is 3. The summed E-state index contributed by atoms with van der Waals surface area (Å²) in [7, 11) is 1.47. The molecule has 0 saturated carbocycles. The molecule has 0 aliphatic carbocycles. The van der Waals surface area contributed by atoms with Crippen molar-refractivity contribution in [2.45, 2.75) is 11.9 Å². The van der Waals surface area contributed by atoms with Crippen molar-refractivity contribution in [1.29, 1.82) is 0 Å². The first-order valence-corrected chi connectivity index (χ1v) is 7.18. The Labute approximate surface area is 112 Å². The van der Waals surface area contributed by atoms with Gasteiger partial charge in [-0.05, 0) is 15.9 Å². The molecule has 0 N–H and O–H groups in total. The second-order valence-corrected chi connectivity index (χ2v) is 5.03. The Morgan fingerprint density at radius 2 is 1.87 bits per heavy atom. The average Bonchev–Trinajstić information content (AvgIpc) is 2.24. The van der Waals surface area contributed by atoms with Gasteiger partial charge in [0, 0.05) is 24.3 Å². The number of halogens is 3. The topological polar surface area (TPSA) is 44.0 Å². The van der Waals surface area contributed by atoms with E-state index < -0.39 is 0 Å². The van der Waals surface area contributed by atoms with Crippen LogP contribution in [0, 0.1) is 0 Å². The largest absolute Gasteiger partial charge is 0.331 e. The van der Waals surface area contributed by atoms with Crippen molar-refractivity contribution in [3.63, 3.8) is 0 Å². The predicted octanol–water partition coefficient (Wildman–Crippen LogP) is 1.60. The summed E-state index contributed by atoms with van der Waals surface area (Å²) < 4.78 is 3.09. The minimum absolute atomic E-state index is 0.294. The third-order valence-corrected chi connectivity index (χ3v) is 3.71. The first-order chi connectivity index (χ1) is 7.04. The Morgan fingerprint density at radius 1 is 1.27 bits per heavy atom. The van der Waals surface area contributed by atoms with E-state index in [-0.39, 0.29) is 11.2 Å². The summed E-state index contributed by atoms with van der Waals surface area (Å²) in [4.78, 5) is 23.4. The normalized spacial score (nSPS) is 10.7. The third-order valence-electron chi connectivity index (χ3n) is 2.02. The van der Waals surface area contributed by atoms with Gasteiger partial charge in [0.05, 0.1) is 5.69 Å². The molecule has 0 aliphatic heterocycles. The van der Waals surface area contributed by atoms with E-state index in [2.05, 4.69) is 47.8 Å². The van der Waals surface area contributed by atoms with Gasteiger partial charge in [-0.2, -0.15) is 0 Å². The summed E-state index contributed by atoms with van der Waals surface area (Å²) in [6.07, 6.45) is 0. The average molecular weight is 405 g/mol. The summed E-state index contributed by atoms with van der Waals surface area (Å²) in [5.74, 6) is 0. The highest BCUT2D eigenvalue weighted by Crippen LogP contribution is 2.13. The summed E-state index contributed by atoms with van der Waals surface area (Å²) in [5, 5.41) is 1.13. The Kier molecular flexibility index (Phi) is 4.79. The molecule has 7 heteroatoms. The van der Waals surface area contributed by atoms with Crippen molar-refractivity contribution in [3.8, 4) is 0 Å². The van der Waals surface area contributed by atoms with Crippen molar-refractivity contribution in [3.05, 3.63) is 31.0 Å². The van der Waals surface area contributed by atoms with Gasteiger partial charge >= 0.3 is 5.69 Å². The van der Waals surface area contributed by atoms with Crippen LogP contribution in [0.3, 0.4) is 0 Å². The van der Waals surface area contributed by atoms with Crippen LogP contribution in [0.15, 0.2) is 14.1 Å². The molecule has 4 nitrogen and oxygen atoms in total. The van der Waals surface area contributed by atoms with Gasteiger partial charge in [-0.1, -0.05) is 31.9 Å². The van der Waals surface area contributed by atoms with E-state index in [9.17, 15) is 9.59 Å². The van der Waals surface area contributed by atoms with E-state index in [0.717, 1.165) is 4.57 Å². The molecular weight excluding hydrogens is 396 g/mol. The molecule has 15 heavy (non-hydrogen) atoms. The van der Waals surface area contributed by atoms with Crippen LogP contribution >= 0.6 is 47.8 Å². The third kappa shape index (κ3) is 2.45. The summed E-state index contributed by atoms with van der Waals surface area (Å²) in [6, 6.07) is 0. The van der Waals surface area contributed by atoms with Gasteiger partial charge in [-0.3, -0.25) is 13.9 Å². The lowest BCUT2D eigenvalue weighted by Crippen LogP contribution is -2.40. The van der Waals surface area contributed by atoms with Crippen LogP contribution in [-0.4, -0.2) is 14.5 Å². The molecule has 0 aliphatic rings. The molecule has 1 rings (SSSR count). The molecule has 0 unspecified atom stereocenters. The van der Waals surface area contributed by atoms with Crippen LogP contribution in [0.1, 0.15) is 5.69 Å². The van der Waals surface area contributed by atoms with E-state index in [1.54, 1.807) is 4.57 Å². The van der Waals surface area contributed by atoms with Crippen LogP contribution in [0.25, 0.3) is 0 Å². The number of alkyl halides is 2. The van der Waals surface area contributed by atoms with E-state index >= 15 is 0 Å². The maximum Gasteiger partial charge on any atom is 0.331 e. The molecule has 0 radical (unpaired) electrons. The zero-order valence-electron chi connectivity index (χ0n) is 7.97. The van der Waals surface area contributed by atoms with Gasteiger partial charge in [0.2, 0.25) is 0 Å². The second-order valence-electron chi connectivity index (χ2n) is 2.88. The number of hydrogen-bond acceptors (Lipinski definition) is 2. The standard InChI is InChI=1S/C8H9Br3N2O2/c1-12-7(14)6(11)5(4-10)13(3-2-9)8(12)15/h2-4H2,1H3. The minimum Gasteiger partial charge on any atom is -0.295 e. The highest BCUT2D eigenvalue weighted by molar-refractivity contribution is 9.10. The van der Waals surface area contributed by atoms with E-state index in [1.165, 1.54) is 7.05 Å². The molecule has 0 atom stereocenters. The van der Waals surface area contributed by atoms with Crippen LogP contribution in [0.2, 0.25) is 0 Å². The van der Waals surface area contributed by atoms with Gasteiger partial charge in [0.1, 0.15) is 4.47 Å². The van der Waals surface area contributed by atoms with Crippen LogP contribution < -0.4 is 11.2 Å². The van der Waals surface area contributed by atoms with Crippen LogP contribution in [-0.2, 0) is 18.9 Å². The van der Waals surface area contributed by atoms with Gasteiger partial charge in [0.15, 0.2) is 0 Å². The van der Waals surface area contributed by atoms with Crippen molar-refractivity contribution in [2.75, 3.05) is 5.33 Å². The number of nitrogens with zero attached hydrogens (tertiary/aromatic N) is 2. The monoisotopic (exact) mass is 402 g/mol. The molecular formula is C8H9Br3N2O2. The Balaban J connectivity index is 3.62. The van der Waals surface area contributed by atoms with Crippen molar-refractivity contribution in [2.24, 2.45) is 7.05 Å². The lowest BCUT2D eigenvalue weighted by Gasteiger charge is -2.12. The van der Waals surface area contributed by atoms with Crippen molar-refractivity contribution in [1.82, 2.24) is 9.13 Å². The zero-order valence-corrected chi connectivity index (χ0v) is 12.7. The molecule has 1 aromatic heterocycles. The molecule has 1 aromatic rings. The highest BCUT2D eigenvalue weighted by Gasteiger charge is 2.13. The lowest BCUT2D eigenvalue weighted by molar-refractivity contribution is 0.609. The minimum atomic E-state index is -0.305. The Hall–Kier alpha value is 0.120. The van der Waals surface area contributed by atoms with Gasteiger partial charge in [-0.25, -0.2) is 4.79 Å². The number of hydrogen-bond donors (Lipinski definition) is 0. The van der Waals surface area contributed by atoms with Crippen LogP contribution in [0.4, 0.5) is 0 Å². The predicted molar refractivity (Wildman–Crippen MR) is 70.1 cm³/mol. The Morgan fingerprint density at radius 3 is 2.33 bits per heavy atom. The molecule has 0 spiro atoms. The van der Waals surface area contributed by atoms with E-state index in [1.807, 2.05) is 0 Å². The van der Waals surface area contributed by atoms with E-state index in [4.69, 9.17) is 0 Å². The lowest BCUT2D eigenvalue weighted by atomic mass is 10.4. The molecule has 0 fully saturated rings.